The second-order valence-electron chi connectivity index (χ2n) is 7.26. The van der Waals surface area contributed by atoms with Crippen molar-refractivity contribution in [2.45, 2.75) is 64.6 Å². The number of fused-ring (bicyclic) bond motifs is 1. The number of rotatable bonds is 7. The van der Waals surface area contributed by atoms with E-state index in [2.05, 4.69) is 20.4 Å². The molecule has 124 valence electrons. The highest BCUT2D eigenvalue weighted by Crippen LogP contribution is 2.48. The first kappa shape index (κ1) is 17.4. The van der Waals surface area contributed by atoms with Gasteiger partial charge in [0.05, 0.1) is 12.2 Å². The Morgan fingerprint density at radius 3 is 2.86 bits per heavy atom. The number of ketones is 1. The first-order valence-electron chi connectivity index (χ1n) is 8.70. The Morgan fingerprint density at radius 2 is 2.18 bits per heavy atom. The van der Waals surface area contributed by atoms with Crippen LogP contribution in [0.25, 0.3) is 0 Å². The molecule has 2 saturated carbocycles. The standard InChI is InChI=1S/C19H30O3/c1-4-5-6-12(2)9-14(20)7-8-15-16-10-13(3)19(22)17(16)11-18(15)21/h7-8,12,14-18,20-21H,3-6,9-11H2,1-2H3/b8-7+/t12?,14-,15+,16+,17+,18-/m1/s1. The molecule has 0 aliphatic heterocycles. The van der Waals surface area contributed by atoms with Gasteiger partial charge in [-0.25, -0.2) is 0 Å². The first-order chi connectivity index (χ1) is 10.4. The van der Waals surface area contributed by atoms with Gasteiger partial charge in [-0.2, -0.15) is 0 Å². The van der Waals surface area contributed by atoms with Gasteiger partial charge in [0, 0.05) is 11.8 Å². The third kappa shape index (κ3) is 3.88. The second-order valence-corrected chi connectivity index (χ2v) is 7.26. The third-order valence-corrected chi connectivity index (χ3v) is 5.37. The molecule has 2 N–H and O–H groups in total. The maximum Gasteiger partial charge on any atom is 0.161 e. The van der Waals surface area contributed by atoms with Crippen LogP contribution in [0.3, 0.4) is 0 Å². The van der Waals surface area contributed by atoms with Crippen molar-refractivity contribution in [2.24, 2.45) is 23.7 Å². The molecule has 1 unspecified atom stereocenters. The van der Waals surface area contributed by atoms with E-state index in [1.54, 1.807) is 0 Å². The van der Waals surface area contributed by atoms with Crippen LogP contribution in [-0.4, -0.2) is 28.2 Å². The largest absolute Gasteiger partial charge is 0.392 e. The Balaban J connectivity index is 1.89. The van der Waals surface area contributed by atoms with Crippen LogP contribution in [0.2, 0.25) is 0 Å². The fourth-order valence-corrected chi connectivity index (χ4v) is 4.06. The van der Waals surface area contributed by atoms with Gasteiger partial charge in [0.2, 0.25) is 0 Å². The van der Waals surface area contributed by atoms with Crippen LogP contribution in [0.4, 0.5) is 0 Å². The van der Waals surface area contributed by atoms with Gasteiger partial charge in [0.1, 0.15) is 0 Å². The van der Waals surface area contributed by atoms with Crippen LogP contribution >= 0.6 is 0 Å². The lowest BCUT2D eigenvalue weighted by Crippen LogP contribution is -2.18. The number of carbonyl (C=O) groups excluding carboxylic acids is 1. The number of carbonyl (C=O) groups is 1. The molecule has 22 heavy (non-hydrogen) atoms. The van der Waals surface area contributed by atoms with Gasteiger partial charge >= 0.3 is 0 Å². The predicted molar refractivity (Wildman–Crippen MR) is 88.3 cm³/mol. The van der Waals surface area contributed by atoms with Gasteiger partial charge in [0.25, 0.3) is 0 Å². The summed E-state index contributed by atoms with van der Waals surface area (Å²) in [5, 5.41) is 20.4. The molecule has 0 heterocycles. The normalized spacial score (nSPS) is 34.4. The molecule has 2 rings (SSSR count). The summed E-state index contributed by atoms with van der Waals surface area (Å²) in [4.78, 5) is 12.0. The lowest BCUT2D eigenvalue weighted by Gasteiger charge is -2.18. The van der Waals surface area contributed by atoms with Crippen LogP contribution in [-0.2, 0) is 4.79 Å². The minimum absolute atomic E-state index is 0.0196. The van der Waals surface area contributed by atoms with E-state index in [9.17, 15) is 15.0 Å². The predicted octanol–water partition coefficient (Wildman–Crippen LogP) is 3.26. The monoisotopic (exact) mass is 306 g/mol. The molecule has 6 atom stereocenters. The van der Waals surface area contributed by atoms with Crippen LogP contribution in [0.1, 0.15) is 52.4 Å². The van der Waals surface area contributed by atoms with E-state index in [-0.39, 0.29) is 23.5 Å². The van der Waals surface area contributed by atoms with Gasteiger partial charge in [-0.1, -0.05) is 51.8 Å². The summed E-state index contributed by atoms with van der Waals surface area (Å²) in [5.41, 5.74) is 0.703. The van der Waals surface area contributed by atoms with Crippen molar-refractivity contribution < 1.29 is 15.0 Å². The second kappa shape index (κ2) is 7.56. The summed E-state index contributed by atoms with van der Waals surface area (Å²) in [6.07, 6.45) is 8.37. The average molecular weight is 306 g/mol. The summed E-state index contributed by atoms with van der Waals surface area (Å²) < 4.78 is 0. The van der Waals surface area contributed by atoms with E-state index >= 15 is 0 Å². The Hall–Kier alpha value is -0.930. The van der Waals surface area contributed by atoms with E-state index in [0.29, 0.717) is 24.3 Å². The molecule has 2 aliphatic rings. The minimum Gasteiger partial charge on any atom is -0.392 e. The smallest absolute Gasteiger partial charge is 0.161 e. The van der Waals surface area contributed by atoms with E-state index in [4.69, 9.17) is 0 Å². The zero-order valence-electron chi connectivity index (χ0n) is 13.9. The van der Waals surface area contributed by atoms with Crippen LogP contribution in [0, 0.1) is 23.7 Å². The third-order valence-electron chi connectivity index (χ3n) is 5.37. The maximum atomic E-state index is 12.0. The quantitative estimate of drug-likeness (QED) is 0.560. The number of Topliss-reactive ketones (excluding diaryl/α,β-unsaturated/α-hetero) is 1. The molecule has 0 amide bonds. The SMILES string of the molecule is C=C1C[C@H]2[C@H](/C=C/[C@@H](O)CC(C)CCCC)[C@H](O)C[C@@H]2C1=O. The Morgan fingerprint density at radius 1 is 1.45 bits per heavy atom. The van der Waals surface area contributed by atoms with E-state index in [1.165, 1.54) is 12.8 Å². The fraction of sp³-hybridized carbons (Fsp3) is 0.737. The zero-order valence-corrected chi connectivity index (χ0v) is 13.9. The molecule has 0 saturated heterocycles. The number of hydrogen-bond acceptors (Lipinski definition) is 3. The summed E-state index contributed by atoms with van der Waals surface area (Å²) in [7, 11) is 0. The fourth-order valence-electron chi connectivity index (χ4n) is 4.06. The molecule has 0 aromatic rings. The lowest BCUT2D eigenvalue weighted by molar-refractivity contribution is -0.118. The van der Waals surface area contributed by atoms with Crippen molar-refractivity contribution in [1.29, 1.82) is 0 Å². The van der Waals surface area contributed by atoms with Crippen molar-refractivity contribution >= 4 is 5.78 Å². The highest BCUT2D eigenvalue weighted by Gasteiger charge is 2.49. The van der Waals surface area contributed by atoms with E-state index in [1.807, 2.05) is 12.2 Å². The van der Waals surface area contributed by atoms with Gasteiger partial charge in [-0.05, 0) is 36.7 Å². The highest BCUT2D eigenvalue weighted by molar-refractivity contribution is 5.99. The topological polar surface area (TPSA) is 57.5 Å². The van der Waals surface area contributed by atoms with Gasteiger partial charge in [0.15, 0.2) is 5.78 Å². The van der Waals surface area contributed by atoms with Crippen LogP contribution < -0.4 is 0 Å². The number of allylic oxidation sites excluding steroid dienone is 1. The van der Waals surface area contributed by atoms with Crippen molar-refractivity contribution in [3.8, 4) is 0 Å². The molecule has 3 nitrogen and oxygen atoms in total. The van der Waals surface area contributed by atoms with Crippen molar-refractivity contribution in [3.05, 3.63) is 24.3 Å². The molecule has 2 fully saturated rings. The molecule has 0 radical (unpaired) electrons. The molecule has 0 aromatic heterocycles. The highest BCUT2D eigenvalue weighted by atomic mass is 16.3. The lowest BCUT2D eigenvalue weighted by atomic mass is 9.89. The molecule has 3 heteroatoms. The Kier molecular flexibility index (Phi) is 5.99. The Labute approximate surface area is 134 Å². The molecule has 0 spiro atoms. The van der Waals surface area contributed by atoms with Crippen molar-refractivity contribution in [1.82, 2.24) is 0 Å². The van der Waals surface area contributed by atoms with E-state index < -0.39 is 12.2 Å². The minimum atomic E-state index is -0.465. The van der Waals surface area contributed by atoms with Crippen LogP contribution in [0.15, 0.2) is 24.3 Å². The van der Waals surface area contributed by atoms with Gasteiger partial charge in [-0.15, -0.1) is 0 Å². The summed E-state index contributed by atoms with van der Waals surface area (Å²) in [6, 6.07) is 0. The number of hydrogen-bond donors (Lipinski definition) is 2. The molecular formula is C19H30O3. The van der Waals surface area contributed by atoms with Crippen molar-refractivity contribution in [2.75, 3.05) is 0 Å². The summed E-state index contributed by atoms with van der Waals surface area (Å²) >= 11 is 0. The zero-order chi connectivity index (χ0) is 16.3. The van der Waals surface area contributed by atoms with E-state index in [0.717, 1.165) is 12.8 Å². The molecule has 2 aliphatic carbocycles. The molecule has 0 aromatic carbocycles. The number of aliphatic hydroxyl groups is 2. The van der Waals surface area contributed by atoms with Gasteiger partial charge < -0.3 is 10.2 Å². The number of unbranched alkanes of at least 4 members (excludes halogenated alkanes) is 1. The average Bonchev–Trinajstić information content (AvgIpc) is 2.91. The Bertz CT molecular complexity index is 440. The van der Waals surface area contributed by atoms with Gasteiger partial charge in [-0.3, -0.25) is 4.79 Å². The number of aliphatic hydroxyl groups excluding tert-OH is 2. The maximum absolute atomic E-state index is 12.0. The molecular weight excluding hydrogens is 276 g/mol. The van der Waals surface area contributed by atoms with Crippen molar-refractivity contribution in [3.63, 3.8) is 0 Å². The van der Waals surface area contributed by atoms with Crippen LogP contribution in [0.5, 0.6) is 0 Å². The molecule has 0 bridgehead atoms. The first-order valence-corrected chi connectivity index (χ1v) is 8.70. The summed E-state index contributed by atoms with van der Waals surface area (Å²) in [6.45, 7) is 8.19. The summed E-state index contributed by atoms with van der Waals surface area (Å²) in [5.74, 6) is 0.741.